The molecule has 0 unspecified atom stereocenters. The summed E-state index contributed by atoms with van der Waals surface area (Å²) in [5.41, 5.74) is 4.49. The Labute approximate surface area is 189 Å². The molecule has 1 atom stereocenters. The molecule has 2 aromatic carbocycles. The number of nitrogens with one attached hydrogen (secondary N) is 1. The van der Waals surface area contributed by atoms with Crippen molar-refractivity contribution in [3.05, 3.63) is 88.3 Å². The summed E-state index contributed by atoms with van der Waals surface area (Å²) >= 11 is 0. The highest BCUT2D eigenvalue weighted by Crippen LogP contribution is 2.45. The molecule has 0 radical (unpaired) electrons. The molecule has 1 aliphatic carbocycles. The molecule has 4 rings (SSSR count). The van der Waals surface area contributed by atoms with Crippen molar-refractivity contribution < 1.29 is 19.1 Å². The maximum atomic E-state index is 13.4. The predicted molar refractivity (Wildman–Crippen MR) is 123 cm³/mol. The number of Topliss-reactive ketones (excluding diaryl/α,β-unsaturated/α-hetero) is 1. The SMILES string of the molecule is CC1=C(C(=O)OCc2ccccc2)[C@H](c2ccccc2OC(C)C)C2=C(CCCC2=O)N1. The predicted octanol–water partition coefficient (Wildman–Crippen LogP) is 5.19. The zero-order valence-electron chi connectivity index (χ0n) is 18.8. The maximum Gasteiger partial charge on any atom is 0.337 e. The van der Waals surface area contributed by atoms with Crippen molar-refractivity contribution in [3.63, 3.8) is 0 Å². The lowest BCUT2D eigenvalue weighted by Crippen LogP contribution is -2.34. The van der Waals surface area contributed by atoms with E-state index < -0.39 is 11.9 Å². The number of carbonyl (C=O) groups excluding carboxylic acids is 2. The Bertz CT molecular complexity index is 1080. The van der Waals surface area contributed by atoms with Gasteiger partial charge >= 0.3 is 5.97 Å². The van der Waals surface area contributed by atoms with Crippen LogP contribution in [0, 0.1) is 0 Å². The van der Waals surface area contributed by atoms with Crippen LogP contribution in [0.4, 0.5) is 0 Å². The number of benzene rings is 2. The van der Waals surface area contributed by atoms with E-state index in [9.17, 15) is 9.59 Å². The molecular weight excluding hydrogens is 402 g/mol. The first-order chi connectivity index (χ1) is 15.5. The van der Waals surface area contributed by atoms with E-state index in [1.54, 1.807) is 0 Å². The molecule has 0 saturated carbocycles. The van der Waals surface area contributed by atoms with Crippen LogP contribution in [0.2, 0.25) is 0 Å². The smallest absolute Gasteiger partial charge is 0.337 e. The number of hydrogen-bond donors (Lipinski definition) is 1. The van der Waals surface area contributed by atoms with Crippen molar-refractivity contribution in [2.75, 3.05) is 0 Å². The molecule has 5 nitrogen and oxygen atoms in total. The Kier molecular flexibility index (Phi) is 6.45. The van der Waals surface area contributed by atoms with Crippen LogP contribution in [-0.2, 0) is 20.9 Å². The highest BCUT2D eigenvalue weighted by Gasteiger charge is 2.40. The quantitative estimate of drug-likeness (QED) is 0.638. The van der Waals surface area contributed by atoms with Gasteiger partial charge in [-0.1, -0.05) is 48.5 Å². The van der Waals surface area contributed by atoms with Crippen molar-refractivity contribution in [2.24, 2.45) is 0 Å². The highest BCUT2D eigenvalue weighted by molar-refractivity contribution is 6.04. The van der Waals surface area contributed by atoms with Gasteiger partial charge in [0.1, 0.15) is 12.4 Å². The molecule has 0 fully saturated rings. The molecule has 1 aliphatic heterocycles. The summed E-state index contributed by atoms with van der Waals surface area (Å²) < 4.78 is 11.8. The zero-order chi connectivity index (χ0) is 22.7. The van der Waals surface area contributed by atoms with E-state index in [4.69, 9.17) is 9.47 Å². The molecule has 166 valence electrons. The Balaban J connectivity index is 1.76. The lowest BCUT2D eigenvalue weighted by Gasteiger charge is -2.35. The lowest BCUT2D eigenvalue weighted by atomic mass is 9.75. The normalized spacial score (nSPS) is 18.4. The third-order valence-corrected chi connectivity index (χ3v) is 5.80. The van der Waals surface area contributed by atoms with E-state index in [1.807, 2.05) is 75.4 Å². The molecule has 0 aromatic heterocycles. The van der Waals surface area contributed by atoms with Crippen molar-refractivity contribution in [2.45, 2.75) is 58.7 Å². The van der Waals surface area contributed by atoms with Crippen LogP contribution < -0.4 is 10.1 Å². The van der Waals surface area contributed by atoms with E-state index >= 15 is 0 Å². The van der Waals surface area contributed by atoms with Gasteiger partial charge in [0, 0.05) is 29.0 Å². The molecule has 2 aliphatic rings. The first-order valence-corrected chi connectivity index (χ1v) is 11.2. The van der Waals surface area contributed by atoms with Gasteiger partial charge in [0.2, 0.25) is 0 Å². The van der Waals surface area contributed by atoms with Crippen LogP contribution >= 0.6 is 0 Å². The van der Waals surface area contributed by atoms with Crippen LogP contribution in [0.15, 0.2) is 77.1 Å². The third-order valence-electron chi connectivity index (χ3n) is 5.80. The Morgan fingerprint density at radius 2 is 1.78 bits per heavy atom. The standard InChI is InChI=1S/C27H29NO4/c1-17(2)32-23-15-8-7-12-20(23)25-24(27(30)31-16-19-10-5-4-6-11-19)18(3)28-21-13-9-14-22(29)26(21)25/h4-8,10-12,15,17,25,28H,9,13-14,16H2,1-3H3/t25-/m0/s1. The number of ketones is 1. The lowest BCUT2D eigenvalue weighted by molar-refractivity contribution is -0.140. The molecule has 32 heavy (non-hydrogen) atoms. The van der Waals surface area contributed by atoms with Gasteiger partial charge in [-0.25, -0.2) is 4.79 Å². The Morgan fingerprint density at radius 1 is 1.06 bits per heavy atom. The first kappa shape index (κ1) is 21.9. The number of dihydropyridines is 1. The van der Waals surface area contributed by atoms with Crippen molar-refractivity contribution >= 4 is 11.8 Å². The Hall–Kier alpha value is -3.34. The van der Waals surface area contributed by atoms with E-state index in [0.717, 1.165) is 35.4 Å². The van der Waals surface area contributed by atoms with Gasteiger partial charge in [-0.3, -0.25) is 4.79 Å². The molecule has 1 heterocycles. The number of hydrogen-bond acceptors (Lipinski definition) is 5. The van der Waals surface area contributed by atoms with Gasteiger partial charge in [-0.15, -0.1) is 0 Å². The zero-order valence-corrected chi connectivity index (χ0v) is 18.8. The van der Waals surface area contributed by atoms with Crippen molar-refractivity contribution in [1.82, 2.24) is 5.32 Å². The average Bonchev–Trinajstić information content (AvgIpc) is 2.77. The summed E-state index contributed by atoms with van der Waals surface area (Å²) in [6.45, 7) is 5.98. The third kappa shape index (κ3) is 4.47. The van der Waals surface area contributed by atoms with Gasteiger partial charge < -0.3 is 14.8 Å². The van der Waals surface area contributed by atoms with Crippen LogP contribution in [-0.4, -0.2) is 17.9 Å². The molecular formula is C27H29NO4. The van der Waals surface area contributed by atoms with Crippen molar-refractivity contribution in [1.29, 1.82) is 0 Å². The van der Waals surface area contributed by atoms with E-state index in [2.05, 4.69) is 5.32 Å². The number of esters is 1. The second kappa shape index (κ2) is 9.43. The summed E-state index contributed by atoms with van der Waals surface area (Å²) in [4.78, 5) is 26.5. The van der Waals surface area contributed by atoms with Crippen molar-refractivity contribution in [3.8, 4) is 5.75 Å². The Morgan fingerprint density at radius 3 is 2.53 bits per heavy atom. The number of carbonyl (C=O) groups is 2. The van der Waals surface area contributed by atoms with Crippen LogP contribution in [0.5, 0.6) is 5.75 Å². The van der Waals surface area contributed by atoms with Gasteiger partial charge in [0.25, 0.3) is 0 Å². The van der Waals surface area contributed by atoms with Crippen LogP contribution in [0.1, 0.15) is 57.1 Å². The number of para-hydroxylation sites is 1. The van der Waals surface area contributed by atoms with Gasteiger partial charge in [0.15, 0.2) is 5.78 Å². The summed E-state index contributed by atoms with van der Waals surface area (Å²) in [5, 5.41) is 3.33. The van der Waals surface area contributed by atoms with Gasteiger partial charge in [0.05, 0.1) is 17.6 Å². The minimum atomic E-state index is -0.516. The average molecular weight is 432 g/mol. The molecule has 0 amide bonds. The fraction of sp³-hybridized carbons (Fsp3) is 0.333. The van der Waals surface area contributed by atoms with Gasteiger partial charge in [-0.05, 0) is 45.2 Å². The second-order valence-electron chi connectivity index (χ2n) is 8.53. The topological polar surface area (TPSA) is 64.6 Å². The summed E-state index contributed by atoms with van der Waals surface area (Å²) in [7, 11) is 0. The molecule has 0 saturated heterocycles. The molecule has 0 spiro atoms. The fourth-order valence-electron chi connectivity index (χ4n) is 4.45. The van der Waals surface area contributed by atoms with Crippen LogP contribution in [0.25, 0.3) is 0 Å². The highest BCUT2D eigenvalue weighted by atomic mass is 16.5. The van der Waals surface area contributed by atoms with E-state index in [1.165, 1.54) is 0 Å². The number of rotatable bonds is 6. The van der Waals surface area contributed by atoms with E-state index in [0.29, 0.717) is 23.3 Å². The van der Waals surface area contributed by atoms with Crippen LogP contribution in [0.3, 0.4) is 0 Å². The largest absolute Gasteiger partial charge is 0.491 e. The monoisotopic (exact) mass is 431 g/mol. The number of ether oxygens (including phenoxy) is 2. The second-order valence-corrected chi connectivity index (χ2v) is 8.53. The molecule has 2 aromatic rings. The summed E-state index contributed by atoms with van der Waals surface area (Å²) in [6, 6.07) is 17.2. The fourth-order valence-corrected chi connectivity index (χ4v) is 4.45. The maximum absolute atomic E-state index is 13.4. The minimum Gasteiger partial charge on any atom is -0.491 e. The number of allylic oxidation sites excluding steroid dienone is 3. The summed E-state index contributed by atoms with van der Waals surface area (Å²) in [6.07, 6.45) is 2.04. The molecule has 5 heteroatoms. The first-order valence-electron chi connectivity index (χ1n) is 11.2. The van der Waals surface area contributed by atoms with Gasteiger partial charge in [-0.2, -0.15) is 0 Å². The minimum absolute atomic E-state index is 0.0352. The molecule has 0 bridgehead atoms. The molecule has 1 N–H and O–H groups in total. The summed E-state index contributed by atoms with van der Waals surface area (Å²) in [5.74, 6) is -0.185. The van der Waals surface area contributed by atoms with E-state index in [-0.39, 0.29) is 18.5 Å².